The van der Waals surface area contributed by atoms with E-state index in [2.05, 4.69) is 0 Å². The van der Waals surface area contributed by atoms with Gasteiger partial charge in [-0.3, -0.25) is 9.59 Å². The highest BCUT2D eigenvalue weighted by Crippen LogP contribution is 2.66. The Morgan fingerprint density at radius 3 is 1.93 bits per heavy atom. The highest BCUT2D eigenvalue weighted by Gasteiger charge is 2.67. The number of carboxylic acid groups (broad SMARTS) is 1. The summed E-state index contributed by atoms with van der Waals surface area (Å²) >= 11 is 0. The molecule has 0 radical (unpaired) electrons. The molecule has 1 N–H and O–H groups in total. The molecule has 5 rings (SSSR count). The number of alkyl halides is 2. The SMILES string of the molecule is COC(=O)C12CC3CC(C1)CC(C(=O)OC1(C(F)(F)C(=O)O)CCCCC1)(C3)C2. The Bertz CT molecular complexity index is 713. The Balaban J connectivity index is 1.65. The molecule has 5 aliphatic rings. The number of methoxy groups -OCH3 is 1. The Hall–Kier alpha value is -1.73. The lowest BCUT2D eigenvalue weighted by Gasteiger charge is -2.59. The molecule has 5 saturated carbocycles. The van der Waals surface area contributed by atoms with Crippen LogP contribution in [0.3, 0.4) is 0 Å². The van der Waals surface area contributed by atoms with Crippen molar-refractivity contribution in [2.45, 2.75) is 82.2 Å². The van der Waals surface area contributed by atoms with Crippen molar-refractivity contribution in [1.29, 1.82) is 0 Å². The summed E-state index contributed by atoms with van der Waals surface area (Å²) in [6.07, 6.45) is 4.65. The molecule has 0 spiro atoms. The van der Waals surface area contributed by atoms with Crippen LogP contribution >= 0.6 is 0 Å². The second kappa shape index (κ2) is 6.64. The van der Waals surface area contributed by atoms with Gasteiger partial charge in [0.1, 0.15) is 0 Å². The number of hydrogen-bond acceptors (Lipinski definition) is 5. The largest absolute Gasteiger partial charge is 0.477 e. The van der Waals surface area contributed by atoms with E-state index in [1.54, 1.807) is 0 Å². The quantitative estimate of drug-likeness (QED) is 0.690. The minimum atomic E-state index is -4.15. The summed E-state index contributed by atoms with van der Waals surface area (Å²) in [5, 5.41) is 9.15. The van der Waals surface area contributed by atoms with Gasteiger partial charge >= 0.3 is 23.8 Å². The topological polar surface area (TPSA) is 89.9 Å². The number of halogens is 2. The molecule has 5 fully saturated rings. The minimum absolute atomic E-state index is 0.158. The number of rotatable bonds is 5. The van der Waals surface area contributed by atoms with E-state index in [-0.39, 0.29) is 37.1 Å². The molecule has 29 heavy (non-hydrogen) atoms. The van der Waals surface area contributed by atoms with Crippen molar-refractivity contribution >= 4 is 17.9 Å². The number of aliphatic carboxylic acids is 1. The fraction of sp³-hybridized carbons (Fsp3) is 0.857. The molecule has 8 heteroatoms. The fourth-order valence-electron chi connectivity index (χ4n) is 7.04. The van der Waals surface area contributed by atoms with E-state index in [1.165, 1.54) is 7.11 Å². The van der Waals surface area contributed by atoms with Crippen LogP contribution in [0.2, 0.25) is 0 Å². The van der Waals surface area contributed by atoms with Crippen LogP contribution in [-0.2, 0) is 23.9 Å². The van der Waals surface area contributed by atoms with Gasteiger partial charge in [-0.15, -0.1) is 0 Å². The standard InChI is InChI=1S/C21H28F2O6/c1-28-16(26)18-8-13-7-14(9-18)11-19(10-13,12-18)17(27)29-20(5-3-2-4-6-20)21(22,23)15(24)25/h13-14H,2-12H2,1H3,(H,24,25). The van der Waals surface area contributed by atoms with Gasteiger partial charge in [-0.1, -0.05) is 6.42 Å². The number of ether oxygens (including phenoxy) is 2. The molecule has 6 nitrogen and oxygen atoms in total. The Morgan fingerprint density at radius 2 is 1.45 bits per heavy atom. The van der Waals surface area contributed by atoms with E-state index in [0.29, 0.717) is 44.9 Å². The first-order valence-corrected chi connectivity index (χ1v) is 10.5. The van der Waals surface area contributed by atoms with Gasteiger partial charge in [-0.25, -0.2) is 4.79 Å². The first-order valence-electron chi connectivity index (χ1n) is 10.5. The van der Waals surface area contributed by atoms with E-state index >= 15 is 0 Å². The molecular formula is C21H28F2O6. The molecule has 0 aromatic rings. The summed E-state index contributed by atoms with van der Waals surface area (Å²) in [6.45, 7) is 0. The molecule has 0 amide bonds. The molecule has 0 aliphatic heterocycles. The second-order valence-electron chi connectivity index (χ2n) is 9.84. The van der Waals surface area contributed by atoms with Crippen LogP contribution < -0.4 is 0 Å². The van der Waals surface area contributed by atoms with Crippen LogP contribution in [0.1, 0.15) is 70.6 Å². The smallest absolute Gasteiger partial charge is 0.381 e. The lowest BCUT2D eigenvalue weighted by atomic mass is 9.44. The predicted octanol–water partition coefficient (Wildman–Crippen LogP) is 3.71. The molecule has 0 heterocycles. The van der Waals surface area contributed by atoms with Crippen molar-refractivity contribution in [2.24, 2.45) is 22.7 Å². The van der Waals surface area contributed by atoms with Crippen molar-refractivity contribution in [2.75, 3.05) is 7.11 Å². The Kier molecular flexibility index (Phi) is 4.70. The van der Waals surface area contributed by atoms with Gasteiger partial charge in [0.15, 0.2) is 5.60 Å². The third-order valence-electron chi connectivity index (χ3n) is 7.90. The van der Waals surface area contributed by atoms with E-state index in [4.69, 9.17) is 14.6 Å². The van der Waals surface area contributed by atoms with Gasteiger partial charge in [0, 0.05) is 0 Å². The molecular weight excluding hydrogens is 386 g/mol. The number of esters is 2. The summed E-state index contributed by atoms with van der Waals surface area (Å²) in [6, 6.07) is 0. The lowest BCUT2D eigenvalue weighted by Crippen LogP contribution is -2.62. The number of carbonyl (C=O) groups excluding carboxylic acids is 2. The molecule has 0 aromatic carbocycles. The van der Waals surface area contributed by atoms with Gasteiger partial charge in [-0.05, 0) is 76.0 Å². The van der Waals surface area contributed by atoms with Gasteiger partial charge in [0.25, 0.3) is 0 Å². The van der Waals surface area contributed by atoms with Crippen LogP contribution in [-0.4, -0.2) is 41.6 Å². The number of hydrogen-bond donors (Lipinski definition) is 1. The second-order valence-corrected chi connectivity index (χ2v) is 9.84. The van der Waals surface area contributed by atoms with Gasteiger partial charge < -0.3 is 14.6 Å². The van der Waals surface area contributed by atoms with Crippen molar-refractivity contribution < 1.29 is 37.7 Å². The van der Waals surface area contributed by atoms with Crippen molar-refractivity contribution in [3.05, 3.63) is 0 Å². The third kappa shape index (κ3) is 2.96. The van der Waals surface area contributed by atoms with Gasteiger partial charge in [0.2, 0.25) is 0 Å². The van der Waals surface area contributed by atoms with Crippen molar-refractivity contribution in [3.63, 3.8) is 0 Å². The average Bonchev–Trinajstić information content (AvgIpc) is 2.66. The Morgan fingerprint density at radius 1 is 0.931 bits per heavy atom. The summed E-state index contributed by atoms with van der Waals surface area (Å²) in [5.41, 5.74) is -4.07. The number of carboxylic acids is 1. The summed E-state index contributed by atoms with van der Waals surface area (Å²) < 4.78 is 40.0. The normalized spacial score (nSPS) is 37.8. The monoisotopic (exact) mass is 414 g/mol. The van der Waals surface area contributed by atoms with Crippen molar-refractivity contribution in [3.8, 4) is 0 Å². The summed E-state index contributed by atoms with van der Waals surface area (Å²) in [4.78, 5) is 37.3. The third-order valence-corrected chi connectivity index (χ3v) is 7.90. The summed E-state index contributed by atoms with van der Waals surface area (Å²) in [5.74, 6) is -7.18. The maximum Gasteiger partial charge on any atom is 0.381 e. The van der Waals surface area contributed by atoms with Crippen molar-refractivity contribution in [1.82, 2.24) is 0 Å². The molecule has 4 bridgehead atoms. The average molecular weight is 414 g/mol. The highest BCUT2D eigenvalue weighted by atomic mass is 19.3. The van der Waals surface area contributed by atoms with E-state index in [1.807, 2.05) is 0 Å². The number of carbonyl (C=O) groups is 3. The fourth-order valence-corrected chi connectivity index (χ4v) is 7.04. The molecule has 0 aromatic heterocycles. The van der Waals surface area contributed by atoms with Crippen LogP contribution in [0.25, 0.3) is 0 Å². The van der Waals surface area contributed by atoms with Gasteiger partial charge in [0.05, 0.1) is 17.9 Å². The predicted molar refractivity (Wildman–Crippen MR) is 96.1 cm³/mol. The molecule has 162 valence electrons. The molecule has 2 unspecified atom stereocenters. The van der Waals surface area contributed by atoms with Crippen LogP contribution in [0.4, 0.5) is 8.78 Å². The molecule has 5 aliphatic carbocycles. The van der Waals surface area contributed by atoms with Gasteiger partial charge in [-0.2, -0.15) is 8.78 Å². The maximum absolute atomic E-state index is 14.7. The highest BCUT2D eigenvalue weighted by molar-refractivity contribution is 5.84. The zero-order valence-electron chi connectivity index (χ0n) is 16.7. The molecule has 2 atom stereocenters. The zero-order valence-corrected chi connectivity index (χ0v) is 16.7. The summed E-state index contributed by atoms with van der Waals surface area (Å²) in [7, 11) is 1.33. The molecule has 0 saturated heterocycles. The Labute approximate surface area is 168 Å². The van der Waals surface area contributed by atoms with Crippen LogP contribution in [0, 0.1) is 22.7 Å². The minimum Gasteiger partial charge on any atom is -0.477 e. The first-order chi connectivity index (χ1) is 13.6. The first kappa shape index (κ1) is 20.5. The maximum atomic E-state index is 14.7. The lowest BCUT2D eigenvalue weighted by molar-refractivity contribution is -0.243. The van der Waals surface area contributed by atoms with E-state index < -0.39 is 34.3 Å². The van der Waals surface area contributed by atoms with E-state index in [0.717, 1.165) is 6.42 Å². The van der Waals surface area contributed by atoms with E-state index in [9.17, 15) is 23.2 Å². The van der Waals surface area contributed by atoms with Crippen LogP contribution in [0.5, 0.6) is 0 Å². The zero-order chi connectivity index (χ0) is 21.1. The van der Waals surface area contributed by atoms with Crippen LogP contribution in [0.15, 0.2) is 0 Å².